The molecule has 8 nitrogen and oxygen atoms in total. The van der Waals surface area contributed by atoms with Crippen molar-refractivity contribution in [3.05, 3.63) is 54.1 Å². The predicted molar refractivity (Wildman–Crippen MR) is 130 cm³/mol. The quantitative estimate of drug-likeness (QED) is 0.379. The van der Waals surface area contributed by atoms with Crippen LogP contribution in [0.15, 0.2) is 42.9 Å². The van der Waals surface area contributed by atoms with Gasteiger partial charge < -0.3 is 14.8 Å². The molecule has 33 heavy (non-hydrogen) atoms. The second kappa shape index (κ2) is 9.85. The summed E-state index contributed by atoms with van der Waals surface area (Å²) in [6, 6.07) is 8.12. The number of nitrogens with zero attached hydrogens (tertiary/aromatic N) is 5. The molecule has 4 aromatic rings. The number of fused-ring (bicyclic) bond motifs is 1. The van der Waals surface area contributed by atoms with Crippen molar-refractivity contribution in [2.45, 2.75) is 46.7 Å². The summed E-state index contributed by atoms with van der Waals surface area (Å²) < 4.78 is 13.3. The van der Waals surface area contributed by atoms with Crippen LogP contribution in [0, 0.1) is 6.92 Å². The second-order valence-corrected chi connectivity index (χ2v) is 7.87. The predicted octanol–water partition coefficient (Wildman–Crippen LogP) is 5.19. The SMILES string of the molecule is CCOc1ncccc1-c1cc(NCc2ccncc2OC)c2c(n1)c(C)nn2C(C)CC. The molecule has 1 N–H and O–H groups in total. The molecule has 172 valence electrons. The van der Waals surface area contributed by atoms with Gasteiger partial charge in [-0.15, -0.1) is 0 Å². The number of nitrogens with one attached hydrogen (secondary N) is 1. The van der Waals surface area contributed by atoms with Crippen molar-refractivity contribution in [2.24, 2.45) is 0 Å². The summed E-state index contributed by atoms with van der Waals surface area (Å²) in [5.41, 5.74) is 6.33. The minimum atomic E-state index is 0.238. The maximum absolute atomic E-state index is 5.78. The summed E-state index contributed by atoms with van der Waals surface area (Å²) >= 11 is 0. The first-order valence-corrected chi connectivity index (χ1v) is 11.3. The number of ether oxygens (including phenoxy) is 2. The third-order valence-corrected chi connectivity index (χ3v) is 5.72. The Morgan fingerprint density at radius 2 is 2.03 bits per heavy atom. The van der Waals surface area contributed by atoms with Crippen molar-refractivity contribution in [3.63, 3.8) is 0 Å². The number of pyridine rings is 3. The number of anilines is 1. The smallest absolute Gasteiger partial charge is 0.222 e. The highest BCUT2D eigenvalue weighted by Crippen LogP contribution is 2.35. The lowest BCUT2D eigenvalue weighted by atomic mass is 10.1. The van der Waals surface area contributed by atoms with Crippen molar-refractivity contribution in [1.82, 2.24) is 24.7 Å². The maximum atomic E-state index is 5.78. The van der Waals surface area contributed by atoms with Gasteiger partial charge in [-0.1, -0.05) is 6.92 Å². The van der Waals surface area contributed by atoms with Crippen molar-refractivity contribution >= 4 is 16.7 Å². The average Bonchev–Trinajstić information content (AvgIpc) is 3.19. The third-order valence-electron chi connectivity index (χ3n) is 5.72. The van der Waals surface area contributed by atoms with E-state index in [0.29, 0.717) is 19.0 Å². The lowest BCUT2D eigenvalue weighted by molar-refractivity contribution is 0.328. The second-order valence-electron chi connectivity index (χ2n) is 7.87. The zero-order chi connectivity index (χ0) is 23.4. The topological polar surface area (TPSA) is 87.0 Å². The Bertz CT molecular complexity index is 1250. The van der Waals surface area contributed by atoms with E-state index >= 15 is 0 Å². The first kappa shape index (κ1) is 22.5. The van der Waals surface area contributed by atoms with E-state index in [-0.39, 0.29) is 6.04 Å². The van der Waals surface area contributed by atoms with Gasteiger partial charge in [0.25, 0.3) is 0 Å². The number of hydrogen-bond acceptors (Lipinski definition) is 7. The fraction of sp³-hybridized carbons (Fsp3) is 0.360. The molecule has 0 bridgehead atoms. The highest BCUT2D eigenvalue weighted by Gasteiger charge is 2.20. The van der Waals surface area contributed by atoms with Crippen molar-refractivity contribution in [1.29, 1.82) is 0 Å². The molecule has 1 unspecified atom stereocenters. The van der Waals surface area contributed by atoms with E-state index in [9.17, 15) is 0 Å². The van der Waals surface area contributed by atoms with E-state index < -0.39 is 0 Å². The number of aryl methyl sites for hydroxylation is 1. The molecule has 4 rings (SSSR count). The molecule has 4 aromatic heterocycles. The van der Waals surface area contributed by atoms with E-state index in [1.165, 1.54) is 0 Å². The molecular weight excluding hydrogens is 416 g/mol. The molecule has 0 saturated carbocycles. The average molecular weight is 447 g/mol. The molecule has 4 heterocycles. The van der Waals surface area contributed by atoms with Crippen LogP contribution in [-0.2, 0) is 6.54 Å². The Morgan fingerprint density at radius 3 is 2.79 bits per heavy atom. The first-order chi connectivity index (χ1) is 16.1. The fourth-order valence-corrected chi connectivity index (χ4v) is 3.81. The summed E-state index contributed by atoms with van der Waals surface area (Å²) in [6.07, 6.45) is 6.19. The number of hydrogen-bond donors (Lipinski definition) is 1. The van der Waals surface area contributed by atoms with Crippen molar-refractivity contribution in [2.75, 3.05) is 19.0 Å². The minimum Gasteiger partial charge on any atom is -0.495 e. The van der Waals surface area contributed by atoms with Gasteiger partial charge in [-0.25, -0.2) is 9.97 Å². The van der Waals surface area contributed by atoms with E-state index in [2.05, 4.69) is 39.9 Å². The highest BCUT2D eigenvalue weighted by atomic mass is 16.5. The summed E-state index contributed by atoms with van der Waals surface area (Å²) in [5, 5.41) is 8.44. The normalized spacial score (nSPS) is 12.0. The molecule has 0 amide bonds. The monoisotopic (exact) mass is 446 g/mol. The zero-order valence-corrected chi connectivity index (χ0v) is 19.8. The van der Waals surface area contributed by atoms with Gasteiger partial charge in [0, 0.05) is 30.5 Å². The summed E-state index contributed by atoms with van der Waals surface area (Å²) in [7, 11) is 1.66. The molecule has 0 aromatic carbocycles. The van der Waals surface area contributed by atoms with Gasteiger partial charge in [0.1, 0.15) is 16.8 Å². The number of methoxy groups -OCH3 is 1. The molecule has 0 radical (unpaired) electrons. The van der Waals surface area contributed by atoms with Crippen LogP contribution in [0.3, 0.4) is 0 Å². The molecule has 0 saturated heterocycles. The largest absolute Gasteiger partial charge is 0.495 e. The first-order valence-electron chi connectivity index (χ1n) is 11.3. The van der Waals surface area contributed by atoms with Crippen LogP contribution in [-0.4, -0.2) is 38.4 Å². The van der Waals surface area contributed by atoms with Crippen LogP contribution in [0.2, 0.25) is 0 Å². The highest BCUT2D eigenvalue weighted by molar-refractivity contribution is 5.93. The number of aromatic nitrogens is 5. The Hall–Kier alpha value is -3.68. The van der Waals surface area contributed by atoms with Gasteiger partial charge in [0.15, 0.2) is 0 Å². The van der Waals surface area contributed by atoms with Gasteiger partial charge in [-0.05, 0) is 51.5 Å². The minimum absolute atomic E-state index is 0.238. The van der Waals surface area contributed by atoms with E-state index in [1.54, 1.807) is 25.7 Å². The molecule has 0 aliphatic carbocycles. The van der Waals surface area contributed by atoms with E-state index in [0.717, 1.165) is 51.4 Å². The zero-order valence-electron chi connectivity index (χ0n) is 19.8. The summed E-state index contributed by atoms with van der Waals surface area (Å²) in [6.45, 7) is 9.38. The summed E-state index contributed by atoms with van der Waals surface area (Å²) in [4.78, 5) is 13.6. The fourth-order valence-electron chi connectivity index (χ4n) is 3.81. The van der Waals surface area contributed by atoms with Gasteiger partial charge in [-0.2, -0.15) is 5.10 Å². The van der Waals surface area contributed by atoms with Gasteiger partial charge in [-0.3, -0.25) is 9.67 Å². The molecule has 8 heteroatoms. The van der Waals surface area contributed by atoms with Crippen molar-refractivity contribution < 1.29 is 9.47 Å². The standard InChI is InChI=1S/C25H30N6O2/c1-6-16(3)31-24-21(28-14-18-10-12-26-15-22(18)32-5)13-20(29-23(24)17(4)30-31)19-9-8-11-27-25(19)33-7-2/h8-13,15-16H,6-7,14H2,1-5H3,(H,28,29). The molecule has 0 fully saturated rings. The Kier molecular flexibility index (Phi) is 6.72. The lowest BCUT2D eigenvalue weighted by Crippen LogP contribution is -2.09. The van der Waals surface area contributed by atoms with E-state index in [4.69, 9.17) is 19.6 Å². The van der Waals surface area contributed by atoms with Gasteiger partial charge >= 0.3 is 0 Å². The molecule has 1 atom stereocenters. The maximum Gasteiger partial charge on any atom is 0.222 e. The van der Waals surface area contributed by atoms with Crippen LogP contribution in [0.1, 0.15) is 44.5 Å². The Labute approximate surface area is 194 Å². The molecular formula is C25H30N6O2. The van der Waals surface area contributed by atoms with Crippen LogP contribution < -0.4 is 14.8 Å². The van der Waals surface area contributed by atoms with Crippen molar-refractivity contribution in [3.8, 4) is 22.9 Å². The van der Waals surface area contributed by atoms with Crippen LogP contribution in [0.4, 0.5) is 5.69 Å². The number of rotatable bonds is 9. The van der Waals surface area contributed by atoms with Crippen LogP contribution in [0.5, 0.6) is 11.6 Å². The molecule has 0 aliphatic rings. The van der Waals surface area contributed by atoms with Crippen LogP contribution in [0.25, 0.3) is 22.3 Å². The third kappa shape index (κ3) is 4.46. The summed E-state index contributed by atoms with van der Waals surface area (Å²) in [5.74, 6) is 1.31. The van der Waals surface area contributed by atoms with E-state index in [1.807, 2.05) is 32.0 Å². The van der Waals surface area contributed by atoms with Gasteiger partial charge in [0.05, 0.1) is 42.6 Å². The molecule has 0 aliphatic heterocycles. The lowest BCUT2D eigenvalue weighted by Gasteiger charge is -2.17. The Balaban J connectivity index is 1.87. The van der Waals surface area contributed by atoms with Crippen LogP contribution >= 0.6 is 0 Å². The molecule has 0 spiro atoms. The van der Waals surface area contributed by atoms with Gasteiger partial charge in [0.2, 0.25) is 5.88 Å². The Morgan fingerprint density at radius 1 is 1.18 bits per heavy atom.